The van der Waals surface area contributed by atoms with Crippen LogP contribution in [0.15, 0.2) is 76.4 Å². The van der Waals surface area contributed by atoms with Gasteiger partial charge < -0.3 is 4.52 Å². The van der Waals surface area contributed by atoms with Crippen LogP contribution in [-0.2, 0) is 12.3 Å². The molecular formula is C24H25N5OS. The van der Waals surface area contributed by atoms with Gasteiger partial charge in [0.15, 0.2) is 16.7 Å². The van der Waals surface area contributed by atoms with Crippen molar-refractivity contribution in [1.82, 2.24) is 24.8 Å². The molecule has 4 aromatic rings. The van der Waals surface area contributed by atoms with Gasteiger partial charge in [0.05, 0.1) is 12.2 Å². The Kier molecular flexibility index (Phi) is 6.13. The Morgan fingerprint density at radius 3 is 2.39 bits per heavy atom. The second-order valence-electron chi connectivity index (χ2n) is 7.74. The maximum absolute atomic E-state index is 5.55. The van der Waals surface area contributed by atoms with Crippen molar-refractivity contribution in [3.05, 3.63) is 78.2 Å². The van der Waals surface area contributed by atoms with E-state index >= 15 is 0 Å². The number of piperidine rings is 1. The lowest BCUT2D eigenvalue weighted by atomic mass is 10.1. The van der Waals surface area contributed by atoms with Gasteiger partial charge in [0, 0.05) is 23.1 Å². The zero-order chi connectivity index (χ0) is 20.9. The SMILES string of the molecule is c1ccc(-c2cc(CSc3nnc(CN4CCCCC4)n3-c3ccccc3)no2)cc1. The Morgan fingerprint density at radius 2 is 1.61 bits per heavy atom. The average Bonchev–Trinajstić information content (AvgIpc) is 3.47. The zero-order valence-electron chi connectivity index (χ0n) is 17.4. The molecule has 1 aliphatic rings. The van der Waals surface area contributed by atoms with E-state index in [0.29, 0.717) is 5.75 Å². The van der Waals surface area contributed by atoms with Gasteiger partial charge in [-0.1, -0.05) is 71.9 Å². The molecule has 0 aliphatic carbocycles. The number of likely N-dealkylation sites (tertiary alicyclic amines) is 1. The highest BCUT2D eigenvalue weighted by atomic mass is 32.2. The lowest BCUT2D eigenvalue weighted by Crippen LogP contribution is -2.30. The lowest BCUT2D eigenvalue weighted by molar-refractivity contribution is 0.214. The summed E-state index contributed by atoms with van der Waals surface area (Å²) in [7, 11) is 0. The summed E-state index contributed by atoms with van der Waals surface area (Å²) in [6.07, 6.45) is 3.85. The van der Waals surface area contributed by atoms with Crippen molar-refractivity contribution in [2.24, 2.45) is 0 Å². The molecule has 2 aromatic carbocycles. The number of para-hydroxylation sites is 1. The van der Waals surface area contributed by atoms with Gasteiger partial charge in [0.25, 0.3) is 0 Å². The number of thioether (sulfide) groups is 1. The fourth-order valence-corrected chi connectivity index (χ4v) is 4.76. The molecule has 0 atom stereocenters. The van der Waals surface area contributed by atoms with Gasteiger partial charge >= 0.3 is 0 Å². The third kappa shape index (κ3) is 4.73. The molecule has 1 aliphatic heterocycles. The Bertz CT molecular complexity index is 1100. The summed E-state index contributed by atoms with van der Waals surface area (Å²) in [5.41, 5.74) is 3.01. The van der Waals surface area contributed by atoms with Crippen molar-refractivity contribution in [2.45, 2.75) is 36.7 Å². The van der Waals surface area contributed by atoms with Crippen LogP contribution in [0.3, 0.4) is 0 Å². The van der Waals surface area contributed by atoms with Gasteiger partial charge in [-0.3, -0.25) is 9.47 Å². The number of aromatic nitrogens is 4. The molecule has 1 saturated heterocycles. The van der Waals surface area contributed by atoms with Crippen molar-refractivity contribution in [1.29, 1.82) is 0 Å². The van der Waals surface area contributed by atoms with Crippen molar-refractivity contribution >= 4 is 11.8 Å². The van der Waals surface area contributed by atoms with Crippen LogP contribution in [0, 0.1) is 0 Å². The van der Waals surface area contributed by atoms with E-state index in [9.17, 15) is 0 Å². The molecule has 1 fully saturated rings. The first-order chi connectivity index (χ1) is 15.4. The first-order valence-corrected chi connectivity index (χ1v) is 11.7. The van der Waals surface area contributed by atoms with Crippen LogP contribution in [0.1, 0.15) is 30.8 Å². The highest BCUT2D eigenvalue weighted by molar-refractivity contribution is 7.98. The molecule has 0 spiro atoms. The van der Waals surface area contributed by atoms with E-state index in [4.69, 9.17) is 4.52 Å². The van der Waals surface area contributed by atoms with Crippen LogP contribution >= 0.6 is 11.8 Å². The largest absolute Gasteiger partial charge is 0.356 e. The first-order valence-electron chi connectivity index (χ1n) is 10.7. The smallest absolute Gasteiger partial charge is 0.196 e. The summed E-state index contributed by atoms with van der Waals surface area (Å²) in [4.78, 5) is 2.48. The highest BCUT2D eigenvalue weighted by Gasteiger charge is 2.19. The van der Waals surface area contributed by atoms with Gasteiger partial charge in [0.2, 0.25) is 0 Å². The Morgan fingerprint density at radius 1 is 0.871 bits per heavy atom. The predicted molar refractivity (Wildman–Crippen MR) is 122 cm³/mol. The molecule has 0 saturated carbocycles. The maximum Gasteiger partial charge on any atom is 0.196 e. The highest BCUT2D eigenvalue weighted by Crippen LogP contribution is 2.28. The van der Waals surface area contributed by atoms with E-state index < -0.39 is 0 Å². The molecule has 0 bridgehead atoms. The van der Waals surface area contributed by atoms with E-state index in [1.165, 1.54) is 19.3 Å². The second kappa shape index (κ2) is 9.49. The minimum Gasteiger partial charge on any atom is -0.356 e. The van der Waals surface area contributed by atoms with Gasteiger partial charge in [-0.2, -0.15) is 0 Å². The summed E-state index contributed by atoms with van der Waals surface area (Å²) in [5, 5.41) is 14.2. The molecule has 0 N–H and O–H groups in total. The van der Waals surface area contributed by atoms with E-state index in [1.54, 1.807) is 11.8 Å². The fraction of sp³-hybridized carbons (Fsp3) is 0.292. The van der Waals surface area contributed by atoms with Gasteiger partial charge in [-0.25, -0.2) is 0 Å². The molecule has 0 amide bonds. The molecule has 6 nitrogen and oxygen atoms in total. The third-order valence-electron chi connectivity index (χ3n) is 5.49. The maximum atomic E-state index is 5.55. The molecule has 0 unspecified atom stereocenters. The van der Waals surface area contributed by atoms with E-state index in [1.807, 2.05) is 42.5 Å². The minimum absolute atomic E-state index is 0.672. The monoisotopic (exact) mass is 431 g/mol. The fourth-order valence-electron chi connectivity index (χ4n) is 3.91. The van der Waals surface area contributed by atoms with E-state index in [2.05, 4.69) is 49.1 Å². The van der Waals surface area contributed by atoms with Crippen LogP contribution in [0.5, 0.6) is 0 Å². The van der Waals surface area contributed by atoms with Crippen LogP contribution < -0.4 is 0 Å². The average molecular weight is 432 g/mol. The Labute approximate surface area is 186 Å². The summed E-state index contributed by atoms with van der Waals surface area (Å²) in [5.74, 6) is 2.44. The first kappa shape index (κ1) is 20.0. The zero-order valence-corrected chi connectivity index (χ0v) is 18.2. The molecule has 2 aromatic heterocycles. The summed E-state index contributed by atoms with van der Waals surface area (Å²) in [6.45, 7) is 3.08. The molecule has 31 heavy (non-hydrogen) atoms. The second-order valence-corrected chi connectivity index (χ2v) is 8.69. The van der Waals surface area contributed by atoms with Crippen LogP contribution in [0.4, 0.5) is 0 Å². The summed E-state index contributed by atoms with van der Waals surface area (Å²) in [6, 6.07) is 22.4. The van der Waals surface area contributed by atoms with Gasteiger partial charge in [-0.15, -0.1) is 10.2 Å². The third-order valence-corrected chi connectivity index (χ3v) is 6.46. The molecule has 5 rings (SSSR count). The molecule has 3 heterocycles. The van der Waals surface area contributed by atoms with E-state index in [-0.39, 0.29) is 0 Å². The Hall–Kier alpha value is -2.90. The lowest BCUT2D eigenvalue weighted by Gasteiger charge is -2.26. The molecule has 7 heteroatoms. The predicted octanol–water partition coefficient (Wildman–Crippen LogP) is 5.20. The van der Waals surface area contributed by atoms with Crippen molar-refractivity contribution in [3.8, 4) is 17.0 Å². The van der Waals surface area contributed by atoms with Crippen molar-refractivity contribution < 1.29 is 4.52 Å². The van der Waals surface area contributed by atoms with Crippen molar-refractivity contribution in [3.63, 3.8) is 0 Å². The van der Waals surface area contributed by atoms with Gasteiger partial charge in [0.1, 0.15) is 0 Å². The summed E-state index contributed by atoms with van der Waals surface area (Å²) >= 11 is 1.63. The number of nitrogens with zero attached hydrogens (tertiary/aromatic N) is 5. The Balaban J connectivity index is 1.36. The quantitative estimate of drug-likeness (QED) is 0.375. The number of rotatable bonds is 7. The van der Waals surface area contributed by atoms with Gasteiger partial charge in [-0.05, 0) is 38.1 Å². The normalized spacial score (nSPS) is 14.7. The standard InChI is InChI=1S/C24H25N5OS/c1-4-10-19(11-5-1)22-16-20(27-30-22)18-31-24-26-25-23(17-28-14-8-3-9-15-28)29(24)21-12-6-2-7-13-21/h1-2,4-7,10-13,16H,3,8-9,14-15,17-18H2. The van der Waals surface area contributed by atoms with Crippen LogP contribution in [0.2, 0.25) is 0 Å². The molecule has 0 radical (unpaired) electrons. The topological polar surface area (TPSA) is 60.0 Å². The van der Waals surface area contributed by atoms with Crippen LogP contribution in [0.25, 0.3) is 17.0 Å². The number of hydrogen-bond acceptors (Lipinski definition) is 6. The van der Waals surface area contributed by atoms with Crippen molar-refractivity contribution in [2.75, 3.05) is 13.1 Å². The minimum atomic E-state index is 0.672. The van der Waals surface area contributed by atoms with Crippen LogP contribution in [-0.4, -0.2) is 37.9 Å². The summed E-state index contributed by atoms with van der Waals surface area (Å²) < 4.78 is 7.72. The molecule has 158 valence electrons. The number of benzene rings is 2. The number of hydrogen-bond donors (Lipinski definition) is 0. The van der Waals surface area contributed by atoms with E-state index in [0.717, 1.165) is 53.3 Å². The molecular weight excluding hydrogens is 406 g/mol.